The molecular weight excluding hydrogens is 586 g/mol. The molecule has 198 valence electrons. The van der Waals surface area contributed by atoms with E-state index in [2.05, 4.69) is 31.9 Å². The third kappa shape index (κ3) is 5.51. The maximum Gasteiger partial charge on any atom is 0.258 e. The number of nitrogens with zero attached hydrogens (tertiary/aromatic N) is 2. The Morgan fingerprint density at radius 2 is 1.87 bits per heavy atom. The van der Waals surface area contributed by atoms with Crippen LogP contribution >= 0.6 is 39.3 Å². The number of halogens is 2. The van der Waals surface area contributed by atoms with Crippen LogP contribution in [0, 0.1) is 0 Å². The van der Waals surface area contributed by atoms with Gasteiger partial charge in [-0.15, -0.1) is 11.8 Å². The molecule has 38 heavy (non-hydrogen) atoms. The van der Waals surface area contributed by atoms with Crippen molar-refractivity contribution in [3.63, 3.8) is 0 Å². The average molecular weight is 615 g/mol. The normalized spacial score (nSPS) is 17.5. The van der Waals surface area contributed by atoms with Crippen LogP contribution in [-0.2, 0) is 4.79 Å². The highest BCUT2D eigenvalue weighted by Gasteiger charge is 2.37. The van der Waals surface area contributed by atoms with E-state index in [1.165, 1.54) is 18.2 Å². The second-order valence-corrected chi connectivity index (χ2v) is 11.7. The first-order chi connectivity index (χ1) is 18.4. The fourth-order valence-corrected chi connectivity index (χ4v) is 6.36. The molecule has 1 unspecified atom stereocenters. The zero-order chi connectivity index (χ0) is 26.8. The van der Waals surface area contributed by atoms with Gasteiger partial charge < -0.3 is 16.0 Å². The molecule has 2 amide bonds. The molecule has 3 N–H and O–H groups in total. The van der Waals surface area contributed by atoms with Crippen molar-refractivity contribution in [1.29, 1.82) is 0 Å². The Bertz CT molecular complexity index is 1420. The Hall–Kier alpha value is -2.75. The summed E-state index contributed by atoms with van der Waals surface area (Å²) in [6.45, 7) is 1.86. The van der Waals surface area contributed by atoms with Gasteiger partial charge >= 0.3 is 0 Å². The zero-order valence-electron chi connectivity index (χ0n) is 21.2. The topological polar surface area (TPSA) is 88.1 Å². The lowest BCUT2D eigenvalue weighted by molar-refractivity contribution is -0.113. The number of benzene rings is 2. The summed E-state index contributed by atoms with van der Waals surface area (Å²) in [5.74, 6) is 0.175. The van der Waals surface area contributed by atoms with Crippen molar-refractivity contribution in [3.8, 4) is 0 Å². The Morgan fingerprint density at radius 1 is 1.11 bits per heavy atom. The van der Waals surface area contributed by atoms with Crippen molar-refractivity contribution >= 4 is 62.6 Å². The molecule has 1 atom stereocenters. The molecule has 1 fully saturated rings. The molecule has 1 saturated carbocycles. The number of hydrogen-bond donors (Lipinski definition) is 3. The number of nitrogens with one attached hydrogen (secondary N) is 3. The zero-order valence-corrected chi connectivity index (χ0v) is 24.3. The number of carbonyl (C=O) groups excluding carboxylic acids is 2. The number of carbonyl (C=O) groups is 2. The molecule has 0 radical (unpaired) electrons. The van der Waals surface area contributed by atoms with Crippen LogP contribution in [-0.4, -0.2) is 33.9 Å². The van der Waals surface area contributed by atoms with Crippen molar-refractivity contribution in [2.75, 3.05) is 16.9 Å². The summed E-state index contributed by atoms with van der Waals surface area (Å²) in [6, 6.07) is 14.5. The standard InChI is InChI=1S/C28H29BrClN5O2S/c1-16-22(26(36)33-21-13-7-10-19(30)15-21)24(17-8-6-9-18(29)14-17)35-25(31-16)23(28(34-35)38-2)27(37)32-20-11-4-3-5-12-20/h6-10,13-15,20,24,31H,3-5,11-12H2,1-2H3,(H,32,37)(H,33,36). The molecule has 2 aromatic carbocycles. The minimum absolute atomic E-state index is 0.136. The highest BCUT2D eigenvalue weighted by molar-refractivity contribution is 9.10. The summed E-state index contributed by atoms with van der Waals surface area (Å²) in [6.07, 6.45) is 7.36. The SMILES string of the molecule is CSc1nn2c(c1C(=O)NC1CCCCC1)NC(C)=C(C(=O)Nc1cccc(Cl)c1)C2c1cccc(Br)c1. The van der Waals surface area contributed by atoms with E-state index in [9.17, 15) is 9.59 Å². The monoisotopic (exact) mass is 613 g/mol. The molecule has 5 rings (SSSR count). The van der Waals surface area contributed by atoms with Gasteiger partial charge in [0.05, 0.1) is 5.57 Å². The van der Waals surface area contributed by atoms with Gasteiger partial charge in [-0.2, -0.15) is 5.10 Å². The van der Waals surface area contributed by atoms with Crippen molar-refractivity contribution in [3.05, 3.63) is 80.4 Å². The number of thioether (sulfide) groups is 1. The molecule has 7 nitrogen and oxygen atoms in total. The van der Waals surface area contributed by atoms with Crippen LogP contribution in [0.5, 0.6) is 0 Å². The van der Waals surface area contributed by atoms with Gasteiger partial charge in [0, 0.05) is 26.9 Å². The fourth-order valence-electron chi connectivity index (χ4n) is 5.19. The number of aromatic nitrogens is 2. The first kappa shape index (κ1) is 26.8. The summed E-state index contributed by atoms with van der Waals surface area (Å²) in [7, 11) is 0. The van der Waals surface area contributed by atoms with Gasteiger partial charge in [-0.05, 0) is 61.9 Å². The molecule has 10 heteroatoms. The smallest absolute Gasteiger partial charge is 0.258 e. The lowest BCUT2D eigenvalue weighted by Gasteiger charge is -2.30. The van der Waals surface area contributed by atoms with Crippen LogP contribution in [0.4, 0.5) is 11.5 Å². The van der Waals surface area contributed by atoms with E-state index in [1.54, 1.807) is 28.9 Å². The lowest BCUT2D eigenvalue weighted by Crippen LogP contribution is -2.37. The fraction of sp³-hybridized carbons (Fsp3) is 0.321. The summed E-state index contributed by atoms with van der Waals surface area (Å²) in [5.41, 5.74) is 3.13. The third-order valence-corrected chi connectivity index (χ3v) is 8.36. The number of fused-ring (bicyclic) bond motifs is 1. The molecule has 0 bridgehead atoms. The van der Waals surface area contributed by atoms with Crippen LogP contribution < -0.4 is 16.0 Å². The van der Waals surface area contributed by atoms with Gasteiger partial charge in [0.1, 0.15) is 22.4 Å². The molecule has 1 aliphatic heterocycles. The van der Waals surface area contributed by atoms with E-state index >= 15 is 0 Å². The van der Waals surface area contributed by atoms with Gasteiger partial charge in [-0.25, -0.2) is 4.68 Å². The maximum atomic E-state index is 13.7. The summed E-state index contributed by atoms with van der Waals surface area (Å²) >= 11 is 11.1. The second-order valence-electron chi connectivity index (χ2n) is 9.57. The number of allylic oxidation sites excluding steroid dienone is 1. The Morgan fingerprint density at radius 3 is 2.58 bits per heavy atom. The van der Waals surface area contributed by atoms with E-state index in [-0.39, 0.29) is 17.9 Å². The first-order valence-electron chi connectivity index (χ1n) is 12.6. The Labute approximate surface area is 239 Å². The lowest BCUT2D eigenvalue weighted by atomic mass is 9.94. The minimum Gasteiger partial charge on any atom is -0.349 e. The van der Waals surface area contributed by atoms with Gasteiger partial charge in [-0.3, -0.25) is 9.59 Å². The Kier molecular flexibility index (Phi) is 8.16. The first-order valence-corrected chi connectivity index (χ1v) is 15.0. The van der Waals surface area contributed by atoms with E-state index < -0.39 is 6.04 Å². The minimum atomic E-state index is -0.551. The van der Waals surface area contributed by atoms with E-state index in [0.717, 1.165) is 35.7 Å². The van der Waals surface area contributed by atoms with E-state index in [0.29, 0.717) is 38.4 Å². The van der Waals surface area contributed by atoms with Gasteiger partial charge in [0.15, 0.2) is 0 Å². The van der Waals surface area contributed by atoms with Crippen molar-refractivity contribution in [2.45, 2.75) is 56.1 Å². The van der Waals surface area contributed by atoms with Crippen LogP contribution in [0.1, 0.15) is 61.0 Å². The van der Waals surface area contributed by atoms with Crippen LogP contribution in [0.2, 0.25) is 5.02 Å². The maximum absolute atomic E-state index is 13.7. The molecule has 1 aliphatic carbocycles. The van der Waals surface area contributed by atoms with Crippen LogP contribution in [0.3, 0.4) is 0 Å². The number of rotatable bonds is 6. The predicted molar refractivity (Wildman–Crippen MR) is 157 cm³/mol. The molecule has 2 aliphatic rings. The molecule has 0 saturated heterocycles. The van der Waals surface area contributed by atoms with Gasteiger partial charge in [-0.1, -0.05) is 65.0 Å². The third-order valence-electron chi connectivity index (χ3n) is 6.96. The quantitative estimate of drug-likeness (QED) is 0.260. The summed E-state index contributed by atoms with van der Waals surface area (Å²) in [5, 5.41) is 15.6. The average Bonchev–Trinajstić information content (AvgIpc) is 3.26. The second kappa shape index (κ2) is 11.6. The Balaban J connectivity index is 1.58. The largest absolute Gasteiger partial charge is 0.349 e. The van der Waals surface area contributed by atoms with Gasteiger partial charge in [0.2, 0.25) is 0 Å². The van der Waals surface area contributed by atoms with E-state index in [1.807, 2.05) is 37.4 Å². The van der Waals surface area contributed by atoms with Crippen molar-refractivity contribution in [1.82, 2.24) is 15.1 Å². The number of anilines is 2. The van der Waals surface area contributed by atoms with Crippen LogP contribution in [0.15, 0.2) is 69.3 Å². The highest BCUT2D eigenvalue weighted by atomic mass is 79.9. The van der Waals surface area contributed by atoms with Gasteiger partial charge in [0.25, 0.3) is 11.8 Å². The predicted octanol–water partition coefficient (Wildman–Crippen LogP) is 7.01. The molecular formula is C28H29BrClN5O2S. The van der Waals surface area contributed by atoms with Crippen molar-refractivity contribution < 1.29 is 9.59 Å². The molecule has 2 heterocycles. The van der Waals surface area contributed by atoms with E-state index in [4.69, 9.17) is 16.7 Å². The highest BCUT2D eigenvalue weighted by Crippen LogP contribution is 2.41. The number of amides is 2. The number of hydrogen-bond acceptors (Lipinski definition) is 5. The molecule has 3 aromatic rings. The van der Waals surface area contributed by atoms with Crippen LogP contribution in [0.25, 0.3) is 0 Å². The summed E-state index contributed by atoms with van der Waals surface area (Å²) < 4.78 is 2.65. The summed E-state index contributed by atoms with van der Waals surface area (Å²) in [4.78, 5) is 27.3. The molecule has 1 aromatic heterocycles. The van der Waals surface area contributed by atoms with Crippen molar-refractivity contribution in [2.24, 2.45) is 0 Å². The molecule has 0 spiro atoms.